The molecule has 0 aliphatic rings. The van der Waals surface area contributed by atoms with Crippen LogP contribution in [0, 0.1) is 11.3 Å². The van der Waals surface area contributed by atoms with Crippen LogP contribution in [0.1, 0.15) is 12.3 Å². The average molecular weight is 200 g/mol. The molecular formula is C10H8N4O. The number of rotatable bonds is 3. The molecule has 0 unspecified atom stereocenters. The van der Waals surface area contributed by atoms with E-state index in [0.717, 1.165) is 5.56 Å². The Morgan fingerprint density at radius 3 is 2.87 bits per heavy atom. The molecular weight excluding hydrogens is 192 g/mol. The van der Waals surface area contributed by atoms with Crippen LogP contribution in [0.25, 0.3) is 11.4 Å². The summed E-state index contributed by atoms with van der Waals surface area (Å²) in [5.74, 6) is 1.02. The van der Waals surface area contributed by atoms with Crippen LogP contribution in [-0.2, 0) is 6.42 Å². The molecule has 0 bridgehead atoms. The van der Waals surface area contributed by atoms with Gasteiger partial charge in [0.05, 0.1) is 6.07 Å². The van der Waals surface area contributed by atoms with Gasteiger partial charge >= 0.3 is 0 Å². The molecule has 0 aliphatic heterocycles. The van der Waals surface area contributed by atoms with E-state index in [1.165, 1.54) is 0 Å². The smallest absolute Gasteiger partial charge is 0.227 e. The normalized spacial score (nSPS) is 9.80. The maximum absolute atomic E-state index is 8.40. The van der Waals surface area contributed by atoms with E-state index in [9.17, 15) is 0 Å². The molecule has 5 nitrogen and oxygen atoms in total. The summed E-state index contributed by atoms with van der Waals surface area (Å²) in [6, 6.07) is 5.64. The minimum absolute atomic E-state index is 0.387. The zero-order valence-electron chi connectivity index (χ0n) is 7.92. The third-order valence-corrected chi connectivity index (χ3v) is 1.86. The number of nitrogens with zero attached hydrogens (tertiary/aromatic N) is 4. The Balaban J connectivity index is 2.18. The van der Waals surface area contributed by atoms with E-state index in [1.807, 2.05) is 6.07 Å². The van der Waals surface area contributed by atoms with Crippen LogP contribution in [0.15, 0.2) is 29.0 Å². The van der Waals surface area contributed by atoms with E-state index in [1.54, 1.807) is 24.5 Å². The summed E-state index contributed by atoms with van der Waals surface area (Å²) in [4.78, 5) is 8.06. The van der Waals surface area contributed by atoms with Crippen molar-refractivity contribution in [1.29, 1.82) is 5.26 Å². The summed E-state index contributed by atoms with van der Waals surface area (Å²) in [6.07, 6.45) is 4.22. The van der Waals surface area contributed by atoms with Gasteiger partial charge < -0.3 is 4.52 Å². The lowest BCUT2D eigenvalue weighted by atomic mass is 10.2. The van der Waals surface area contributed by atoms with Crippen molar-refractivity contribution in [1.82, 2.24) is 15.1 Å². The first kappa shape index (κ1) is 9.34. The van der Waals surface area contributed by atoms with Gasteiger partial charge in [0.2, 0.25) is 11.7 Å². The zero-order chi connectivity index (χ0) is 10.5. The molecule has 0 saturated carbocycles. The summed E-state index contributed by atoms with van der Waals surface area (Å²) < 4.78 is 4.99. The predicted octanol–water partition coefficient (Wildman–Crippen LogP) is 1.59. The Kier molecular flexibility index (Phi) is 2.70. The summed E-state index contributed by atoms with van der Waals surface area (Å²) in [7, 11) is 0. The van der Waals surface area contributed by atoms with Crippen LogP contribution in [0.4, 0.5) is 0 Å². The van der Waals surface area contributed by atoms with Gasteiger partial charge in [0, 0.05) is 30.8 Å². The molecule has 0 aromatic carbocycles. The lowest BCUT2D eigenvalue weighted by molar-refractivity contribution is 0.380. The van der Waals surface area contributed by atoms with Crippen molar-refractivity contribution in [3.05, 3.63) is 30.4 Å². The maximum atomic E-state index is 8.40. The largest absolute Gasteiger partial charge is 0.339 e. The fourth-order valence-corrected chi connectivity index (χ4v) is 1.14. The maximum Gasteiger partial charge on any atom is 0.227 e. The first-order valence-corrected chi connectivity index (χ1v) is 4.50. The summed E-state index contributed by atoms with van der Waals surface area (Å²) in [5, 5.41) is 12.2. The molecule has 0 aliphatic carbocycles. The van der Waals surface area contributed by atoms with Crippen molar-refractivity contribution in [2.24, 2.45) is 0 Å². The molecule has 2 heterocycles. The molecule has 0 radical (unpaired) electrons. The molecule has 0 atom stereocenters. The molecule has 0 spiro atoms. The minimum Gasteiger partial charge on any atom is -0.339 e. The molecule has 74 valence electrons. The van der Waals surface area contributed by atoms with Crippen molar-refractivity contribution in [3.63, 3.8) is 0 Å². The van der Waals surface area contributed by atoms with Crippen LogP contribution >= 0.6 is 0 Å². The first-order valence-electron chi connectivity index (χ1n) is 4.50. The second-order valence-corrected chi connectivity index (χ2v) is 2.91. The quantitative estimate of drug-likeness (QED) is 0.751. The van der Waals surface area contributed by atoms with E-state index in [0.29, 0.717) is 24.6 Å². The Bertz CT molecular complexity index is 472. The lowest BCUT2D eigenvalue weighted by Crippen LogP contribution is -1.84. The second-order valence-electron chi connectivity index (χ2n) is 2.91. The zero-order valence-corrected chi connectivity index (χ0v) is 7.92. The van der Waals surface area contributed by atoms with Crippen LogP contribution in [0.5, 0.6) is 0 Å². The third kappa shape index (κ3) is 2.17. The molecule has 5 heteroatoms. The summed E-state index contributed by atoms with van der Waals surface area (Å²) in [6.45, 7) is 0. The molecule has 0 N–H and O–H groups in total. The lowest BCUT2D eigenvalue weighted by Gasteiger charge is -1.89. The Hall–Kier alpha value is -2.22. The van der Waals surface area contributed by atoms with Crippen LogP contribution in [0.2, 0.25) is 0 Å². The molecule has 2 rings (SSSR count). The average Bonchev–Trinajstić information content (AvgIpc) is 2.76. The van der Waals surface area contributed by atoms with E-state index < -0.39 is 0 Å². The molecule has 0 amide bonds. The molecule has 15 heavy (non-hydrogen) atoms. The molecule has 2 aromatic heterocycles. The number of hydrogen-bond donors (Lipinski definition) is 0. The Morgan fingerprint density at radius 1 is 1.33 bits per heavy atom. The van der Waals surface area contributed by atoms with Gasteiger partial charge in [0.25, 0.3) is 0 Å². The molecule has 0 fully saturated rings. The number of aryl methyl sites for hydroxylation is 1. The van der Waals surface area contributed by atoms with Gasteiger partial charge in [-0.2, -0.15) is 10.2 Å². The van der Waals surface area contributed by atoms with Gasteiger partial charge in [-0.05, 0) is 12.1 Å². The predicted molar refractivity (Wildman–Crippen MR) is 51.5 cm³/mol. The van der Waals surface area contributed by atoms with Crippen molar-refractivity contribution in [2.75, 3.05) is 0 Å². The second kappa shape index (κ2) is 4.33. The van der Waals surface area contributed by atoms with Crippen molar-refractivity contribution in [2.45, 2.75) is 12.8 Å². The SMILES string of the molecule is N#CCCc1nc(-c2ccncc2)no1. The Labute approximate surface area is 86.4 Å². The highest BCUT2D eigenvalue weighted by molar-refractivity contribution is 5.52. The standard InChI is InChI=1S/C10H8N4O/c11-5-1-2-9-13-10(14-15-9)8-3-6-12-7-4-8/h3-4,6-7H,1-2H2. The van der Waals surface area contributed by atoms with Crippen molar-refractivity contribution in [3.8, 4) is 17.5 Å². The van der Waals surface area contributed by atoms with Gasteiger partial charge in [0.1, 0.15) is 0 Å². The number of aromatic nitrogens is 3. The van der Waals surface area contributed by atoms with E-state index in [4.69, 9.17) is 9.78 Å². The van der Waals surface area contributed by atoms with Gasteiger partial charge in [-0.15, -0.1) is 0 Å². The third-order valence-electron chi connectivity index (χ3n) is 1.86. The highest BCUT2D eigenvalue weighted by atomic mass is 16.5. The molecule has 2 aromatic rings. The van der Waals surface area contributed by atoms with Crippen LogP contribution in [-0.4, -0.2) is 15.1 Å². The van der Waals surface area contributed by atoms with Crippen molar-refractivity contribution < 1.29 is 4.52 Å². The topological polar surface area (TPSA) is 75.6 Å². The van der Waals surface area contributed by atoms with Gasteiger partial charge in [-0.3, -0.25) is 4.98 Å². The van der Waals surface area contributed by atoms with E-state index in [2.05, 4.69) is 15.1 Å². The van der Waals surface area contributed by atoms with Gasteiger partial charge in [-0.1, -0.05) is 5.16 Å². The fraction of sp³-hybridized carbons (Fsp3) is 0.200. The van der Waals surface area contributed by atoms with Crippen LogP contribution < -0.4 is 0 Å². The van der Waals surface area contributed by atoms with E-state index in [-0.39, 0.29) is 0 Å². The van der Waals surface area contributed by atoms with Crippen LogP contribution in [0.3, 0.4) is 0 Å². The fourth-order valence-electron chi connectivity index (χ4n) is 1.14. The number of pyridine rings is 1. The Morgan fingerprint density at radius 2 is 2.13 bits per heavy atom. The highest BCUT2D eigenvalue weighted by Crippen LogP contribution is 2.14. The van der Waals surface area contributed by atoms with Gasteiger partial charge in [-0.25, -0.2) is 0 Å². The first-order chi connectivity index (χ1) is 7.40. The van der Waals surface area contributed by atoms with E-state index >= 15 is 0 Å². The number of hydrogen-bond acceptors (Lipinski definition) is 5. The van der Waals surface area contributed by atoms with Crippen molar-refractivity contribution >= 4 is 0 Å². The monoisotopic (exact) mass is 200 g/mol. The van der Waals surface area contributed by atoms with Gasteiger partial charge in [0.15, 0.2) is 0 Å². The number of nitriles is 1. The minimum atomic E-state index is 0.387. The molecule has 0 saturated heterocycles. The summed E-state index contributed by atoms with van der Waals surface area (Å²) in [5.41, 5.74) is 0.858. The highest BCUT2D eigenvalue weighted by Gasteiger charge is 2.07. The summed E-state index contributed by atoms with van der Waals surface area (Å²) >= 11 is 0.